The number of amides is 1. The second kappa shape index (κ2) is 7.00. The molecule has 0 atom stereocenters. The third-order valence-corrected chi connectivity index (χ3v) is 8.11. The summed E-state index contributed by atoms with van der Waals surface area (Å²) in [6.07, 6.45) is 1.22. The maximum absolute atomic E-state index is 12.7. The van der Waals surface area contributed by atoms with Gasteiger partial charge < -0.3 is 4.90 Å². The van der Waals surface area contributed by atoms with Gasteiger partial charge >= 0.3 is 0 Å². The number of hydrogen-bond donors (Lipinski definition) is 0. The highest BCUT2D eigenvalue weighted by Crippen LogP contribution is 2.18. The molecule has 8 heteroatoms. The molecule has 0 saturated carbocycles. The quantitative estimate of drug-likeness (QED) is 0.821. The van der Waals surface area contributed by atoms with Crippen molar-refractivity contribution < 1.29 is 17.4 Å². The van der Waals surface area contributed by atoms with E-state index in [-0.39, 0.29) is 22.3 Å². The van der Waals surface area contributed by atoms with Crippen molar-refractivity contribution in [3.8, 4) is 0 Å². The number of benzene rings is 1. The molecule has 1 saturated heterocycles. The third-order valence-electron chi connectivity index (χ3n) is 3.73. The average molecular weight is 358 g/mol. The zero-order chi connectivity index (χ0) is 17.1. The Balaban J connectivity index is 2.18. The van der Waals surface area contributed by atoms with E-state index in [1.807, 2.05) is 13.8 Å². The highest BCUT2D eigenvalue weighted by atomic mass is 32.3. The Morgan fingerprint density at radius 2 is 1.78 bits per heavy atom. The van der Waals surface area contributed by atoms with Crippen LogP contribution in [0, 0.1) is 6.92 Å². The lowest BCUT2D eigenvalue weighted by Crippen LogP contribution is -2.43. The standard InChI is InChI=1S/C15H22N2O4S2/c1-3-4-15(18)17-9-11-22(19,12-10-17)16-23(20,21)14-7-5-13(2)6-8-14/h5-8H,3-4,9-12H2,1-2H3. The summed E-state index contributed by atoms with van der Waals surface area (Å²) in [5.41, 5.74) is 0.941. The molecular weight excluding hydrogens is 336 g/mol. The van der Waals surface area contributed by atoms with Gasteiger partial charge in [-0.3, -0.25) is 4.79 Å². The molecule has 0 aliphatic carbocycles. The first kappa shape index (κ1) is 17.9. The molecule has 1 amide bonds. The van der Waals surface area contributed by atoms with Gasteiger partial charge in [-0.2, -0.15) is 8.42 Å². The fourth-order valence-electron chi connectivity index (χ4n) is 2.35. The van der Waals surface area contributed by atoms with Crippen molar-refractivity contribution in [2.45, 2.75) is 31.6 Å². The van der Waals surface area contributed by atoms with E-state index in [9.17, 15) is 17.4 Å². The lowest BCUT2D eigenvalue weighted by molar-refractivity contribution is -0.130. The van der Waals surface area contributed by atoms with Gasteiger partial charge in [0.15, 0.2) is 0 Å². The summed E-state index contributed by atoms with van der Waals surface area (Å²) in [6.45, 7) is 4.38. The van der Waals surface area contributed by atoms with Crippen molar-refractivity contribution in [3.63, 3.8) is 0 Å². The Bertz CT molecular complexity index is 777. The lowest BCUT2D eigenvalue weighted by Gasteiger charge is -2.28. The number of aryl methyl sites for hydroxylation is 1. The fourth-order valence-corrected chi connectivity index (χ4v) is 6.41. The molecule has 1 fully saturated rings. The van der Waals surface area contributed by atoms with Crippen LogP contribution >= 0.6 is 0 Å². The van der Waals surface area contributed by atoms with Gasteiger partial charge in [0.25, 0.3) is 10.0 Å². The van der Waals surface area contributed by atoms with E-state index in [1.54, 1.807) is 17.0 Å². The maximum atomic E-state index is 12.7. The predicted octanol–water partition coefficient (Wildman–Crippen LogP) is 1.79. The number of sulfonamides is 1. The van der Waals surface area contributed by atoms with Crippen LogP contribution in [0.5, 0.6) is 0 Å². The topological polar surface area (TPSA) is 83.9 Å². The third kappa shape index (κ3) is 4.54. The maximum Gasteiger partial charge on any atom is 0.290 e. The number of nitrogens with zero attached hydrogens (tertiary/aromatic N) is 2. The van der Waals surface area contributed by atoms with Gasteiger partial charge in [-0.05, 0) is 25.5 Å². The van der Waals surface area contributed by atoms with Gasteiger partial charge in [-0.1, -0.05) is 24.6 Å². The smallest absolute Gasteiger partial charge is 0.290 e. The number of rotatable bonds is 4. The number of carbonyl (C=O) groups excluding carboxylic acids is 1. The fraction of sp³-hybridized carbons (Fsp3) is 0.533. The summed E-state index contributed by atoms with van der Waals surface area (Å²) >= 11 is 0. The summed E-state index contributed by atoms with van der Waals surface area (Å²) in [5, 5.41) is 0. The van der Waals surface area contributed by atoms with E-state index < -0.39 is 19.8 Å². The SMILES string of the molecule is CCCC(=O)N1CCS(=O)(=NS(=O)(=O)c2ccc(C)cc2)CC1. The highest BCUT2D eigenvalue weighted by Gasteiger charge is 2.26. The Labute approximate surface area is 138 Å². The van der Waals surface area contributed by atoms with Gasteiger partial charge in [0, 0.05) is 19.5 Å². The zero-order valence-corrected chi connectivity index (χ0v) is 15.0. The zero-order valence-electron chi connectivity index (χ0n) is 13.4. The predicted molar refractivity (Wildman–Crippen MR) is 90.2 cm³/mol. The highest BCUT2D eigenvalue weighted by molar-refractivity contribution is 8.03. The van der Waals surface area contributed by atoms with Crippen LogP contribution in [-0.4, -0.2) is 48.0 Å². The molecule has 1 aliphatic rings. The van der Waals surface area contributed by atoms with Crippen molar-refractivity contribution in [2.75, 3.05) is 24.6 Å². The summed E-state index contributed by atoms with van der Waals surface area (Å²) in [7, 11) is -6.78. The Hall–Kier alpha value is -1.41. The van der Waals surface area contributed by atoms with E-state index in [0.717, 1.165) is 12.0 Å². The molecule has 0 N–H and O–H groups in total. The van der Waals surface area contributed by atoms with Gasteiger partial charge in [-0.25, -0.2) is 4.21 Å². The normalized spacial score (nSPS) is 17.7. The monoisotopic (exact) mass is 358 g/mol. The molecule has 1 aromatic rings. The van der Waals surface area contributed by atoms with Crippen LogP contribution in [0.1, 0.15) is 25.3 Å². The van der Waals surface area contributed by atoms with Crippen molar-refractivity contribution in [1.29, 1.82) is 0 Å². The van der Waals surface area contributed by atoms with E-state index in [1.165, 1.54) is 12.1 Å². The minimum absolute atomic E-state index is 0.0235. The molecule has 2 rings (SSSR count). The molecule has 128 valence electrons. The molecule has 0 unspecified atom stereocenters. The van der Waals surface area contributed by atoms with E-state index in [2.05, 4.69) is 3.77 Å². The van der Waals surface area contributed by atoms with Crippen LogP contribution in [0.4, 0.5) is 0 Å². The van der Waals surface area contributed by atoms with Crippen LogP contribution in [0.15, 0.2) is 32.9 Å². The van der Waals surface area contributed by atoms with Gasteiger partial charge in [-0.15, -0.1) is 3.77 Å². The summed E-state index contributed by atoms with van der Waals surface area (Å²) in [5.74, 6) is 0.233. The van der Waals surface area contributed by atoms with Crippen LogP contribution in [0.2, 0.25) is 0 Å². The Kier molecular flexibility index (Phi) is 5.46. The first-order chi connectivity index (χ1) is 10.8. The molecule has 0 spiro atoms. The first-order valence-corrected chi connectivity index (χ1v) is 10.9. The Morgan fingerprint density at radius 1 is 1.22 bits per heavy atom. The van der Waals surface area contributed by atoms with Crippen molar-refractivity contribution in [1.82, 2.24) is 4.90 Å². The van der Waals surface area contributed by atoms with Crippen molar-refractivity contribution >= 4 is 25.7 Å². The Morgan fingerprint density at radius 3 is 2.30 bits per heavy atom. The first-order valence-electron chi connectivity index (χ1n) is 7.59. The van der Waals surface area contributed by atoms with Gasteiger partial charge in [0.2, 0.25) is 5.91 Å². The minimum atomic E-state index is -3.94. The van der Waals surface area contributed by atoms with Gasteiger partial charge in [0.1, 0.15) is 0 Å². The second-order valence-electron chi connectivity index (χ2n) is 5.67. The van der Waals surface area contributed by atoms with E-state index >= 15 is 0 Å². The second-order valence-corrected chi connectivity index (χ2v) is 10.1. The summed E-state index contributed by atoms with van der Waals surface area (Å²) in [6, 6.07) is 6.30. The van der Waals surface area contributed by atoms with Gasteiger partial charge in [0.05, 0.1) is 26.1 Å². The molecular formula is C15H22N2O4S2. The largest absolute Gasteiger partial charge is 0.341 e. The number of hydrogen-bond acceptors (Lipinski definition) is 4. The van der Waals surface area contributed by atoms with Crippen molar-refractivity contribution in [2.24, 2.45) is 3.77 Å². The molecule has 0 aromatic heterocycles. The van der Waals surface area contributed by atoms with Crippen LogP contribution in [-0.2, 0) is 24.5 Å². The summed E-state index contributed by atoms with van der Waals surface area (Å²) < 4.78 is 41.0. The molecule has 23 heavy (non-hydrogen) atoms. The molecule has 1 heterocycles. The van der Waals surface area contributed by atoms with E-state index in [4.69, 9.17) is 0 Å². The minimum Gasteiger partial charge on any atom is -0.341 e. The molecule has 1 aliphatic heterocycles. The molecule has 1 aromatic carbocycles. The van der Waals surface area contributed by atoms with Crippen LogP contribution in [0.25, 0.3) is 0 Å². The van der Waals surface area contributed by atoms with E-state index in [0.29, 0.717) is 19.5 Å². The number of carbonyl (C=O) groups is 1. The van der Waals surface area contributed by atoms with Crippen LogP contribution < -0.4 is 0 Å². The van der Waals surface area contributed by atoms with Crippen molar-refractivity contribution in [3.05, 3.63) is 29.8 Å². The lowest BCUT2D eigenvalue weighted by atomic mass is 10.2. The van der Waals surface area contributed by atoms with Crippen LogP contribution in [0.3, 0.4) is 0 Å². The average Bonchev–Trinajstić information content (AvgIpc) is 2.47. The summed E-state index contributed by atoms with van der Waals surface area (Å²) in [4.78, 5) is 13.5. The molecule has 6 nitrogen and oxygen atoms in total. The molecule has 0 bridgehead atoms. The molecule has 0 radical (unpaired) electrons.